The Bertz CT molecular complexity index is 1270. The molecule has 5 rings (SSSR count). The first-order valence-corrected chi connectivity index (χ1v) is 11.0. The average Bonchev–Trinajstić information content (AvgIpc) is 3.28. The maximum atomic E-state index is 13.0. The molecule has 4 heterocycles. The molecule has 33 heavy (non-hydrogen) atoms. The highest BCUT2D eigenvalue weighted by molar-refractivity contribution is 5.98. The van der Waals surface area contributed by atoms with Gasteiger partial charge in [0.25, 0.3) is 0 Å². The van der Waals surface area contributed by atoms with Gasteiger partial charge in [-0.05, 0) is 50.8 Å². The van der Waals surface area contributed by atoms with Crippen molar-refractivity contribution in [1.29, 1.82) is 0 Å². The van der Waals surface area contributed by atoms with E-state index in [9.17, 15) is 4.79 Å². The van der Waals surface area contributed by atoms with Gasteiger partial charge < -0.3 is 4.90 Å². The number of aromatic nitrogens is 6. The number of rotatable bonds is 7. The van der Waals surface area contributed by atoms with Crippen molar-refractivity contribution in [3.63, 3.8) is 0 Å². The van der Waals surface area contributed by atoms with Gasteiger partial charge >= 0.3 is 0 Å². The minimum Gasteiger partial charge on any atom is -0.302 e. The number of carbonyl (C=O) groups is 1. The summed E-state index contributed by atoms with van der Waals surface area (Å²) < 4.78 is 3.42. The highest BCUT2D eigenvalue weighted by Gasteiger charge is 2.28. The Morgan fingerprint density at radius 2 is 1.76 bits per heavy atom. The zero-order chi connectivity index (χ0) is 22.2. The molecule has 0 N–H and O–H groups in total. The van der Waals surface area contributed by atoms with E-state index in [1.807, 2.05) is 32.9 Å². The molecule has 0 bridgehead atoms. The van der Waals surface area contributed by atoms with E-state index in [4.69, 9.17) is 0 Å². The smallest absolute Gasteiger partial charge is 0.178 e. The predicted molar refractivity (Wildman–Crippen MR) is 128 cm³/mol. The second kappa shape index (κ2) is 9.23. The first kappa shape index (κ1) is 22.8. The second-order valence-electron chi connectivity index (χ2n) is 8.65. The van der Waals surface area contributed by atoms with E-state index in [1.165, 1.54) is 5.56 Å². The third-order valence-electron chi connectivity index (χ3n) is 6.25. The van der Waals surface area contributed by atoms with Crippen molar-refractivity contribution in [3.05, 3.63) is 70.8 Å². The van der Waals surface area contributed by atoms with Gasteiger partial charge in [0.05, 0.1) is 17.0 Å². The number of benzene rings is 1. The maximum absolute atomic E-state index is 13.0. The fourth-order valence-electron chi connectivity index (χ4n) is 4.59. The zero-order valence-corrected chi connectivity index (χ0v) is 18.7. The summed E-state index contributed by atoms with van der Waals surface area (Å²) in [5.41, 5.74) is 4.33. The number of ketones is 1. The summed E-state index contributed by atoms with van der Waals surface area (Å²) in [6.45, 7) is 8.57. The van der Waals surface area contributed by atoms with Crippen molar-refractivity contribution in [2.45, 2.75) is 41.0 Å². The van der Waals surface area contributed by atoms with Crippen LogP contribution in [0.1, 0.15) is 47.0 Å². The molecule has 4 aromatic rings. The summed E-state index contributed by atoms with van der Waals surface area (Å²) in [6, 6.07) is 14.3. The number of likely N-dealkylation sites (tertiary alicyclic amines) is 1. The second-order valence-corrected chi connectivity index (χ2v) is 8.65. The minimum atomic E-state index is 0. The molecule has 172 valence electrons. The molecule has 8 heteroatoms. The third-order valence-corrected chi connectivity index (χ3v) is 6.25. The highest BCUT2D eigenvalue weighted by atomic mass is 16.1. The van der Waals surface area contributed by atoms with Crippen molar-refractivity contribution in [3.8, 4) is 5.82 Å². The van der Waals surface area contributed by atoms with Gasteiger partial charge in [0.15, 0.2) is 23.1 Å². The Labute approximate surface area is 194 Å². The normalized spacial score (nSPS) is 14.3. The van der Waals surface area contributed by atoms with Crippen molar-refractivity contribution in [2.75, 3.05) is 19.6 Å². The molecule has 1 aromatic carbocycles. The Morgan fingerprint density at radius 1 is 1.00 bits per heavy atom. The lowest BCUT2D eigenvalue weighted by molar-refractivity contribution is 0.0825. The predicted octanol–water partition coefficient (Wildman–Crippen LogP) is 3.62. The van der Waals surface area contributed by atoms with Gasteiger partial charge in [-0.1, -0.05) is 37.8 Å². The molecule has 0 unspecified atom stereocenters. The van der Waals surface area contributed by atoms with Gasteiger partial charge in [0.2, 0.25) is 0 Å². The summed E-state index contributed by atoms with van der Waals surface area (Å²) in [5.74, 6) is 2.17. The first-order valence-electron chi connectivity index (χ1n) is 11.0. The van der Waals surface area contributed by atoms with E-state index >= 15 is 0 Å². The Balaban J connectivity index is 0.00000259. The van der Waals surface area contributed by atoms with Gasteiger partial charge in [-0.3, -0.25) is 4.79 Å². The van der Waals surface area contributed by atoms with Crippen LogP contribution in [0.25, 0.3) is 11.5 Å². The van der Waals surface area contributed by atoms with Crippen molar-refractivity contribution < 1.29 is 4.79 Å². The van der Waals surface area contributed by atoms with Crippen LogP contribution >= 0.6 is 0 Å². The Hall–Kier alpha value is -3.39. The number of Topliss-reactive ketones (excluding diaryl/α,β-unsaturated/α-hetero) is 1. The van der Waals surface area contributed by atoms with Gasteiger partial charge in [0.1, 0.15) is 0 Å². The lowest BCUT2D eigenvalue weighted by Gasteiger charge is -2.39. The summed E-state index contributed by atoms with van der Waals surface area (Å²) in [7, 11) is 0. The molecule has 0 spiro atoms. The van der Waals surface area contributed by atoms with E-state index < -0.39 is 0 Å². The van der Waals surface area contributed by atoms with Crippen LogP contribution in [0.4, 0.5) is 0 Å². The SMILES string of the molecule is C.Cc1nn(-c2ccc3nnc(C)n3n2)c(C)c1C(=O)CCN1CC(Cc2ccccc2)C1. The molecule has 1 saturated heterocycles. The number of nitrogens with zero attached hydrogens (tertiary/aromatic N) is 7. The number of aryl methyl sites for hydroxylation is 2. The van der Waals surface area contributed by atoms with Crippen LogP contribution < -0.4 is 0 Å². The first-order chi connectivity index (χ1) is 15.5. The van der Waals surface area contributed by atoms with Crippen molar-refractivity contribution in [1.82, 2.24) is 34.5 Å². The van der Waals surface area contributed by atoms with Crippen LogP contribution in [0.5, 0.6) is 0 Å². The monoisotopic (exact) mass is 445 g/mol. The van der Waals surface area contributed by atoms with Crippen LogP contribution in [0.15, 0.2) is 42.5 Å². The molecule has 1 aliphatic rings. The molecular weight excluding hydrogens is 414 g/mol. The topological polar surface area (TPSA) is 81.2 Å². The summed E-state index contributed by atoms with van der Waals surface area (Å²) in [6.07, 6.45) is 1.61. The number of hydrogen-bond donors (Lipinski definition) is 0. The fraction of sp³-hybridized carbons (Fsp3) is 0.400. The van der Waals surface area contributed by atoms with Crippen LogP contribution in [-0.4, -0.2) is 59.9 Å². The van der Waals surface area contributed by atoms with Crippen LogP contribution in [0, 0.1) is 26.7 Å². The zero-order valence-electron chi connectivity index (χ0n) is 18.7. The lowest BCUT2D eigenvalue weighted by Crippen LogP contribution is -2.48. The molecule has 0 atom stereocenters. The van der Waals surface area contributed by atoms with E-state index in [0.717, 1.165) is 37.4 Å². The average molecular weight is 446 g/mol. The molecule has 1 aliphatic heterocycles. The van der Waals surface area contributed by atoms with E-state index in [1.54, 1.807) is 9.20 Å². The van der Waals surface area contributed by atoms with E-state index in [0.29, 0.717) is 35.2 Å². The van der Waals surface area contributed by atoms with Crippen LogP contribution in [-0.2, 0) is 6.42 Å². The molecule has 1 fully saturated rings. The van der Waals surface area contributed by atoms with Crippen molar-refractivity contribution >= 4 is 11.4 Å². The third kappa shape index (κ3) is 4.43. The highest BCUT2D eigenvalue weighted by Crippen LogP contribution is 2.23. The van der Waals surface area contributed by atoms with E-state index in [-0.39, 0.29) is 13.2 Å². The fourth-order valence-corrected chi connectivity index (χ4v) is 4.59. The molecule has 0 aliphatic carbocycles. The minimum absolute atomic E-state index is 0. The van der Waals surface area contributed by atoms with E-state index in [2.05, 4.69) is 55.6 Å². The van der Waals surface area contributed by atoms with Gasteiger partial charge in [0, 0.05) is 26.1 Å². The van der Waals surface area contributed by atoms with Gasteiger partial charge in [-0.2, -0.15) is 9.61 Å². The van der Waals surface area contributed by atoms with Gasteiger partial charge in [-0.15, -0.1) is 15.3 Å². The summed E-state index contributed by atoms with van der Waals surface area (Å²) in [5, 5.41) is 17.3. The molecule has 0 saturated carbocycles. The molecule has 0 amide bonds. The standard InChI is InChI=1S/C24H27N7O.CH4/c1-16-24(17(2)30(27-16)23-10-9-22-26-25-18(3)31(22)28-23)21(32)11-12-29-14-20(15-29)13-19-7-5-4-6-8-19;/h4-10,20H,11-15H2,1-3H3;1H4. The van der Waals surface area contributed by atoms with Crippen LogP contribution in [0.2, 0.25) is 0 Å². The van der Waals surface area contributed by atoms with Crippen LogP contribution in [0.3, 0.4) is 0 Å². The summed E-state index contributed by atoms with van der Waals surface area (Å²) >= 11 is 0. The van der Waals surface area contributed by atoms with Crippen molar-refractivity contribution in [2.24, 2.45) is 5.92 Å². The molecule has 8 nitrogen and oxygen atoms in total. The lowest BCUT2D eigenvalue weighted by atomic mass is 9.92. The molecular formula is C25H31N7O. The quantitative estimate of drug-likeness (QED) is 0.404. The maximum Gasteiger partial charge on any atom is 0.178 e. The number of fused-ring (bicyclic) bond motifs is 1. The number of carbonyl (C=O) groups excluding carboxylic acids is 1. The van der Waals surface area contributed by atoms with Gasteiger partial charge in [-0.25, -0.2) is 4.68 Å². The number of hydrogen-bond acceptors (Lipinski definition) is 6. The molecule has 3 aromatic heterocycles. The Morgan fingerprint density at radius 3 is 2.52 bits per heavy atom. The summed E-state index contributed by atoms with van der Waals surface area (Å²) in [4.78, 5) is 15.4. The largest absolute Gasteiger partial charge is 0.302 e. The molecule has 0 radical (unpaired) electrons. The Kier molecular flexibility index (Phi) is 6.37.